The van der Waals surface area contributed by atoms with Crippen LogP contribution >= 0.6 is 0 Å². The zero-order valence-corrected chi connectivity index (χ0v) is 11.9. The molecule has 1 rings (SSSR count). The Morgan fingerprint density at radius 3 is 2.58 bits per heavy atom. The van der Waals surface area contributed by atoms with Crippen LogP contribution in [-0.2, 0) is 10.0 Å². The molecule has 108 valence electrons. The summed E-state index contributed by atoms with van der Waals surface area (Å²) in [6.45, 7) is 3.35. The Hall–Kier alpha value is -1.18. The molecule has 0 radical (unpaired) electrons. The Morgan fingerprint density at radius 1 is 1.42 bits per heavy atom. The van der Waals surface area contributed by atoms with Crippen molar-refractivity contribution in [1.82, 2.24) is 4.31 Å². The monoisotopic (exact) mass is 290 g/mol. The predicted molar refractivity (Wildman–Crippen MR) is 71.7 cm³/mol. The number of nitrogens with zero attached hydrogens (tertiary/aromatic N) is 1. The van der Waals surface area contributed by atoms with Crippen molar-refractivity contribution in [1.29, 1.82) is 0 Å². The molecular weight excluding hydrogens is 271 g/mol. The lowest BCUT2D eigenvalue weighted by Crippen LogP contribution is -2.33. The van der Waals surface area contributed by atoms with Crippen molar-refractivity contribution < 1.29 is 17.9 Å². The third-order valence-corrected chi connectivity index (χ3v) is 4.75. The van der Waals surface area contributed by atoms with Gasteiger partial charge in [0.05, 0.1) is 0 Å². The van der Waals surface area contributed by atoms with Gasteiger partial charge in [0.15, 0.2) is 0 Å². The standard InChI is InChI=1S/C12H19FN2O3S/c1-3-15(5-4-6-16)19(17,18)11-8-10(14)7-9(2)12(11)13/h7-8,16H,3-6,14H2,1-2H3. The van der Waals surface area contributed by atoms with Crippen LogP contribution < -0.4 is 5.73 Å². The summed E-state index contributed by atoms with van der Waals surface area (Å²) in [7, 11) is -3.93. The van der Waals surface area contributed by atoms with E-state index in [-0.39, 0.29) is 30.9 Å². The van der Waals surface area contributed by atoms with Crippen LogP contribution in [0.15, 0.2) is 17.0 Å². The summed E-state index contributed by atoms with van der Waals surface area (Å²) in [4.78, 5) is -0.412. The van der Waals surface area contributed by atoms with E-state index in [1.807, 2.05) is 0 Å². The second-order valence-corrected chi connectivity index (χ2v) is 6.13. The molecule has 3 N–H and O–H groups in total. The van der Waals surface area contributed by atoms with E-state index in [0.29, 0.717) is 6.42 Å². The number of aliphatic hydroxyl groups excluding tert-OH is 1. The molecule has 0 heterocycles. The molecule has 0 saturated heterocycles. The summed E-state index contributed by atoms with van der Waals surface area (Å²) >= 11 is 0. The quantitative estimate of drug-likeness (QED) is 0.769. The van der Waals surface area contributed by atoms with Crippen molar-refractivity contribution in [3.63, 3.8) is 0 Å². The first-order valence-electron chi connectivity index (χ1n) is 6.01. The van der Waals surface area contributed by atoms with Crippen molar-refractivity contribution in [2.45, 2.75) is 25.2 Å². The van der Waals surface area contributed by atoms with E-state index in [1.165, 1.54) is 13.0 Å². The molecule has 0 amide bonds. The molecule has 0 aliphatic heterocycles. The number of anilines is 1. The lowest BCUT2D eigenvalue weighted by molar-refractivity contribution is 0.271. The summed E-state index contributed by atoms with van der Waals surface area (Å²) in [6.07, 6.45) is 0.302. The van der Waals surface area contributed by atoms with E-state index in [2.05, 4.69) is 0 Å². The van der Waals surface area contributed by atoms with Gasteiger partial charge in [-0.3, -0.25) is 0 Å². The fourth-order valence-electron chi connectivity index (χ4n) is 1.79. The smallest absolute Gasteiger partial charge is 0.246 e. The molecule has 0 saturated carbocycles. The number of benzene rings is 1. The highest BCUT2D eigenvalue weighted by Crippen LogP contribution is 2.24. The number of halogens is 1. The minimum absolute atomic E-state index is 0.121. The van der Waals surface area contributed by atoms with Crippen molar-refractivity contribution in [3.05, 3.63) is 23.5 Å². The number of nitrogen functional groups attached to an aromatic ring is 1. The van der Waals surface area contributed by atoms with E-state index >= 15 is 0 Å². The Balaban J connectivity index is 3.25. The van der Waals surface area contributed by atoms with Crippen LogP contribution in [0.5, 0.6) is 0 Å². The van der Waals surface area contributed by atoms with Crippen LogP contribution in [0.25, 0.3) is 0 Å². The van der Waals surface area contributed by atoms with Crippen molar-refractivity contribution in [3.8, 4) is 0 Å². The van der Waals surface area contributed by atoms with Crippen LogP contribution in [0.3, 0.4) is 0 Å². The molecule has 19 heavy (non-hydrogen) atoms. The fraction of sp³-hybridized carbons (Fsp3) is 0.500. The first kappa shape index (κ1) is 15.9. The van der Waals surface area contributed by atoms with Crippen molar-refractivity contribution in [2.75, 3.05) is 25.4 Å². The van der Waals surface area contributed by atoms with Crippen LogP contribution in [0.4, 0.5) is 10.1 Å². The van der Waals surface area contributed by atoms with Crippen molar-refractivity contribution in [2.24, 2.45) is 0 Å². The number of aliphatic hydroxyl groups is 1. The van der Waals surface area contributed by atoms with Gasteiger partial charge in [-0.25, -0.2) is 12.8 Å². The largest absolute Gasteiger partial charge is 0.399 e. The molecule has 0 bridgehead atoms. The summed E-state index contributed by atoms with van der Waals surface area (Å²) < 4.78 is 39.8. The van der Waals surface area contributed by atoms with Gasteiger partial charge in [-0.05, 0) is 31.0 Å². The number of rotatable bonds is 6. The number of sulfonamides is 1. The second kappa shape index (κ2) is 6.31. The minimum atomic E-state index is -3.93. The average Bonchev–Trinajstić information content (AvgIpc) is 2.34. The predicted octanol–water partition coefficient (Wildman–Crippen LogP) is 1.11. The average molecular weight is 290 g/mol. The number of aryl methyl sites for hydroxylation is 1. The molecule has 0 aliphatic carbocycles. The molecule has 1 aromatic rings. The van der Waals surface area contributed by atoms with E-state index in [1.54, 1.807) is 6.92 Å². The van der Waals surface area contributed by atoms with Gasteiger partial charge in [0.1, 0.15) is 10.7 Å². The first-order chi connectivity index (χ1) is 8.84. The molecule has 0 fully saturated rings. The van der Waals surface area contributed by atoms with E-state index < -0.39 is 20.7 Å². The Morgan fingerprint density at radius 2 is 2.05 bits per heavy atom. The van der Waals surface area contributed by atoms with Gasteiger partial charge in [-0.2, -0.15) is 4.31 Å². The third kappa shape index (κ3) is 3.43. The Kier molecular flexibility index (Phi) is 5.28. The van der Waals surface area contributed by atoms with E-state index in [9.17, 15) is 12.8 Å². The Bertz CT molecular complexity index is 546. The Labute approximate surface area is 112 Å². The number of hydrogen-bond acceptors (Lipinski definition) is 4. The van der Waals surface area contributed by atoms with Crippen LogP contribution in [0, 0.1) is 12.7 Å². The van der Waals surface area contributed by atoms with Gasteiger partial charge in [0.25, 0.3) is 0 Å². The number of nitrogens with two attached hydrogens (primary N) is 1. The summed E-state index contributed by atoms with van der Waals surface area (Å²) in [5, 5.41) is 8.77. The van der Waals surface area contributed by atoms with Gasteiger partial charge in [0.2, 0.25) is 10.0 Å². The molecule has 0 aromatic heterocycles. The van der Waals surface area contributed by atoms with Gasteiger partial charge < -0.3 is 10.8 Å². The molecule has 7 heteroatoms. The highest BCUT2D eigenvalue weighted by atomic mass is 32.2. The van der Waals surface area contributed by atoms with Crippen LogP contribution in [-0.4, -0.2) is 37.5 Å². The lowest BCUT2D eigenvalue weighted by atomic mass is 10.2. The molecule has 0 atom stereocenters. The van der Waals surface area contributed by atoms with Gasteiger partial charge >= 0.3 is 0 Å². The van der Waals surface area contributed by atoms with E-state index in [0.717, 1.165) is 10.4 Å². The normalized spacial score (nSPS) is 12.1. The summed E-state index contributed by atoms with van der Waals surface area (Å²) in [5.74, 6) is -0.781. The van der Waals surface area contributed by atoms with E-state index in [4.69, 9.17) is 10.8 Å². The van der Waals surface area contributed by atoms with Gasteiger partial charge in [0, 0.05) is 25.4 Å². The maximum atomic E-state index is 14.0. The van der Waals surface area contributed by atoms with Crippen molar-refractivity contribution >= 4 is 15.7 Å². The highest BCUT2D eigenvalue weighted by Gasteiger charge is 2.27. The molecular formula is C12H19FN2O3S. The lowest BCUT2D eigenvalue weighted by Gasteiger charge is -2.21. The van der Waals surface area contributed by atoms with Crippen LogP contribution in [0.1, 0.15) is 18.9 Å². The molecule has 0 spiro atoms. The maximum absolute atomic E-state index is 14.0. The van der Waals surface area contributed by atoms with Crippen LogP contribution in [0.2, 0.25) is 0 Å². The molecule has 5 nitrogen and oxygen atoms in total. The second-order valence-electron chi connectivity index (χ2n) is 4.22. The third-order valence-electron chi connectivity index (χ3n) is 2.78. The molecule has 0 aliphatic rings. The fourth-order valence-corrected chi connectivity index (χ4v) is 3.45. The summed E-state index contributed by atoms with van der Waals surface area (Å²) in [6, 6.07) is 2.51. The minimum Gasteiger partial charge on any atom is -0.399 e. The number of hydrogen-bond donors (Lipinski definition) is 2. The van der Waals surface area contributed by atoms with Gasteiger partial charge in [-0.15, -0.1) is 0 Å². The zero-order chi connectivity index (χ0) is 14.6. The first-order valence-corrected chi connectivity index (χ1v) is 7.45. The summed E-state index contributed by atoms with van der Waals surface area (Å²) in [5.41, 5.74) is 5.97. The SMILES string of the molecule is CCN(CCCO)S(=O)(=O)c1cc(N)cc(C)c1F. The highest BCUT2D eigenvalue weighted by molar-refractivity contribution is 7.89. The van der Waals surface area contributed by atoms with Gasteiger partial charge in [-0.1, -0.05) is 6.92 Å². The zero-order valence-electron chi connectivity index (χ0n) is 11.1. The molecule has 1 aromatic carbocycles. The topological polar surface area (TPSA) is 83.6 Å². The molecule has 0 unspecified atom stereocenters. The maximum Gasteiger partial charge on any atom is 0.246 e.